The topological polar surface area (TPSA) is 84.7 Å². The first-order valence-corrected chi connectivity index (χ1v) is 8.04. The van der Waals surface area contributed by atoms with E-state index in [-0.39, 0.29) is 18.9 Å². The number of carbonyl (C=O) groups excluding carboxylic acids is 2. The van der Waals surface area contributed by atoms with E-state index in [4.69, 9.17) is 10.5 Å². The Hall–Kier alpha value is -2.86. The zero-order chi connectivity index (χ0) is 18.1. The Kier molecular flexibility index (Phi) is 6.98. The van der Waals surface area contributed by atoms with Crippen molar-refractivity contribution >= 4 is 23.2 Å². The van der Waals surface area contributed by atoms with E-state index in [2.05, 4.69) is 5.32 Å². The van der Waals surface area contributed by atoms with Gasteiger partial charge in [0.25, 0.3) is 0 Å². The molecular formula is C19H23N3O3. The summed E-state index contributed by atoms with van der Waals surface area (Å²) in [5.41, 5.74) is 7.94. The van der Waals surface area contributed by atoms with Crippen molar-refractivity contribution in [3.05, 3.63) is 60.2 Å². The number of ether oxygens (including phenoxy) is 1. The first-order valence-electron chi connectivity index (χ1n) is 8.04. The van der Waals surface area contributed by atoms with Crippen LogP contribution in [0.5, 0.6) is 0 Å². The Bertz CT molecular complexity index is 704. The van der Waals surface area contributed by atoms with Crippen LogP contribution in [0.2, 0.25) is 0 Å². The minimum Gasteiger partial charge on any atom is -0.384 e. The molecule has 0 bridgehead atoms. The second-order valence-corrected chi connectivity index (χ2v) is 5.65. The summed E-state index contributed by atoms with van der Waals surface area (Å²) in [7, 11) is 1.55. The second kappa shape index (κ2) is 9.44. The summed E-state index contributed by atoms with van der Waals surface area (Å²) < 4.78 is 4.90. The van der Waals surface area contributed by atoms with E-state index >= 15 is 0 Å². The van der Waals surface area contributed by atoms with E-state index in [9.17, 15) is 9.59 Å². The summed E-state index contributed by atoms with van der Waals surface area (Å²) in [6, 6.07) is 17.2. The minimum atomic E-state index is -0.412. The van der Waals surface area contributed by atoms with E-state index in [0.29, 0.717) is 18.8 Å². The molecule has 0 saturated carbocycles. The van der Waals surface area contributed by atoms with Crippen LogP contribution in [-0.2, 0) is 20.9 Å². The standard InChI is InChI=1S/C19H23N3O3/c1-25-11-10-19(24)21-16-8-5-9-17(12-16)22(14-18(20)23)13-15-6-3-2-4-7-15/h2-9,12H,10-11,13-14H2,1H3,(H2,20,23)(H,21,24). The summed E-state index contributed by atoms with van der Waals surface area (Å²) in [6.07, 6.45) is 0.287. The van der Waals surface area contributed by atoms with Crippen molar-refractivity contribution < 1.29 is 14.3 Å². The van der Waals surface area contributed by atoms with Crippen LogP contribution in [0, 0.1) is 0 Å². The molecule has 0 aliphatic rings. The molecule has 2 aromatic rings. The molecule has 132 valence electrons. The fourth-order valence-corrected chi connectivity index (χ4v) is 2.43. The van der Waals surface area contributed by atoms with Gasteiger partial charge in [0, 0.05) is 25.0 Å². The monoisotopic (exact) mass is 341 g/mol. The Balaban J connectivity index is 2.15. The Labute approximate surface area is 147 Å². The first-order chi connectivity index (χ1) is 12.1. The number of benzene rings is 2. The van der Waals surface area contributed by atoms with Crippen molar-refractivity contribution in [2.45, 2.75) is 13.0 Å². The number of methoxy groups -OCH3 is 1. The number of amides is 2. The highest BCUT2D eigenvalue weighted by molar-refractivity contribution is 5.91. The number of hydrogen-bond donors (Lipinski definition) is 2. The smallest absolute Gasteiger partial charge is 0.236 e. The highest BCUT2D eigenvalue weighted by atomic mass is 16.5. The van der Waals surface area contributed by atoms with Gasteiger partial charge in [-0.1, -0.05) is 36.4 Å². The molecule has 0 radical (unpaired) electrons. The van der Waals surface area contributed by atoms with Crippen LogP contribution in [-0.4, -0.2) is 32.1 Å². The average Bonchev–Trinajstić information content (AvgIpc) is 2.60. The number of nitrogens with one attached hydrogen (secondary N) is 1. The number of nitrogens with two attached hydrogens (primary N) is 1. The Morgan fingerprint density at radius 3 is 2.56 bits per heavy atom. The quantitative estimate of drug-likeness (QED) is 0.732. The van der Waals surface area contributed by atoms with Crippen LogP contribution in [0.3, 0.4) is 0 Å². The van der Waals surface area contributed by atoms with Crippen molar-refractivity contribution in [3.63, 3.8) is 0 Å². The lowest BCUT2D eigenvalue weighted by Gasteiger charge is -2.24. The van der Waals surface area contributed by atoms with E-state index in [1.165, 1.54) is 0 Å². The molecule has 0 aliphatic heterocycles. The number of primary amides is 1. The van der Waals surface area contributed by atoms with Gasteiger partial charge in [0.05, 0.1) is 19.6 Å². The molecule has 0 atom stereocenters. The van der Waals surface area contributed by atoms with Gasteiger partial charge in [-0.2, -0.15) is 0 Å². The summed E-state index contributed by atoms with van der Waals surface area (Å²) in [5.74, 6) is -0.533. The Morgan fingerprint density at radius 2 is 1.88 bits per heavy atom. The highest BCUT2D eigenvalue weighted by Crippen LogP contribution is 2.21. The molecule has 0 fully saturated rings. The van der Waals surface area contributed by atoms with E-state index in [1.807, 2.05) is 53.4 Å². The molecule has 6 nitrogen and oxygen atoms in total. The van der Waals surface area contributed by atoms with Gasteiger partial charge in [0.2, 0.25) is 11.8 Å². The fourth-order valence-electron chi connectivity index (χ4n) is 2.43. The summed E-state index contributed by atoms with van der Waals surface area (Å²) in [5, 5.41) is 2.83. The molecule has 0 heterocycles. The highest BCUT2D eigenvalue weighted by Gasteiger charge is 2.11. The van der Waals surface area contributed by atoms with Gasteiger partial charge in [0.1, 0.15) is 0 Å². The van der Waals surface area contributed by atoms with Crippen LogP contribution in [0.15, 0.2) is 54.6 Å². The normalized spacial score (nSPS) is 10.3. The van der Waals surface area contributed by atoms with Crippen molar-refractivity contribution in [2.24, 2.45) is 5.73 Å². The van der Waals surface area contributed by atoms with E-state index in [1.54, 1.807) is 13.2 Å². The third-order valence-electron chi connectivity index (χ3n) is 3.59. The maximum Gasteiger partial charge on any atom is 0.236 e. The number of nitrogens with zero attached hydrogens (tertiary/aromatic N) is 1. The largest absolute Gasteiger partial charge is 0.384 e. The lowest BCUT2D eigenvalue weighted by Crippen LogP contribution is -2.33. The van der Waals surface area contributed by atoms with Gasteiger partial charge in [-0.15, -0.1) is 0 Å². The van der Waals surface area contributed by atoms with Crippen LogP contribution in [0.25, 0.3) is 0 Å². The lowest BCUT2D eigenvalue weighted by atomic mass is 10.2. The fraction of sp³-hybridized carbons (Fsp3) is 0.263. The molecule has 0 aliphatic carbocycles. The molecule has 2 amide bonds. The molecule has 0 saturated heterocycles. The minimum absolute atomic E-state index is 0.0932. The van der Waals surface area contributed by atoms with Crippen LogP contribution in [0.1, 0.15) is 12.0 Å². The Morgan fingerprint density at radius 1 is 1.12 bits per heavy atom. The zero-order valence-corrected chi connectivity index (χ0v) is 14.3. The average molecular weight is 341 g/mol. The van der Waals surface area contributed by atoms with Gasteiger partial charge < -0.3 is 20.7 Å². The second-order valence-electron chi connectivity index (χ2n) is 5.65. The zero-order valence-electron chi connectivity index (χ0n) is 14.3. The summed E-state index contributed by atoms with van der Waals surface area (Å²) >= 11 is 0. The van der Waals surface area contributed by atoms with Crippen molar-refractivity contribution in [1.29, 1.82) is 0 Å². The van der Waals surface area contributed by atoms with Crippen LogP contribution < -0.4 is 16.0 Å². The third kappa shape index (κ3) is 6.27. The summed E-state index contributed by atoms with van der Waals surface area (Å²) in [4.78, 5) is 25.2. The molecule has 3 N–H and O–H groups in total. The van der Waals surface area contributed by atoms with Gasteiger partial charge in [-0.05, 0) is 23.8 Å². The summed E-state index contributed by atoms with van der Waals surface area (Å²) in [6.45, 7) is 1.01. The molecule has 0 aromatic heterocycles. The number of hydrogen-bond acceptors (Lipinski definition) is 4. The molecule has 6 heteroatoms. The molecule has 2 rings (SSSR count). The van der Waals surface area contributed by atoms with Gasteiger partial charge in [-0.25, -0.2) is 0 Å². The van der Waals surface area contributed by atoms with Crippen LogP contribution >= 0.6 is 0 Å². The predicted molar refractivity (Wildman–Crippen MR) is 98.3 cm³/mol. The molecular weight excluding hydrogens is 318 g/mol. The molecule has 2 aromatic carbocycles. The first kappa shape index (κ1) is 18.5. The van der Waals surface area contributed by atoms with Crippen molar-refractivity contribution in [2.75, 3.05) is 30.5 Å². The maximum atomic E-state index is 11.8. The number of anilines is 2. The van der Waals surface area contributed by atoms with E-state index in [0.717, 1.165) is 11.3 Å². The van der Waals surface area contributed by atoms with Crippen molar-refractivity contribution in [1.82, 2.24) is 0 Å². The molecule has 0 unspecified atom stereocenters. The third-order valence-corrected chi connectivity index (χ3v) is 3.59. The van der Waals surface area contributed by atoms with E-state index < -0.39 is 5.91 Å². The predicted octanol–water partition coefficient (Wildman–Crippen LogP) is 2.15. The number of rotatable bonds is 9. The van der Waals surface area contributed by atoms with Gasteiger partial charge >= 0.3 is 0 Å². The van der Waals surface area contributed by atoms with Crippen LogP contribution in [0.4, 0.5) is 11.4 Å². The molecule has 25 heavy (non-hydrogen) atoms. The number of carbonyl (C=O) groups is 2. The SMILES string of the molecule is COCCC(=O)Nc1cccc(N(CC(N)=O)Cc2ccccc2)c1. The van der Waals surface area contributed by atoms with Gasteiger partial charge in [-0.3, -0.25) is 9.59 Å². The molecule has 0 spiro atoms. The lowest BCUT2D eigenvalue weighted by molar-refractivity contribution is -0.117. The van der Waals surface area contributed by atoms with Crippen molar-refractivity contribution in [3.8, 4) is 0 Å². The van der Waals surface area contributed by atoms with Gasteiger partial charge in [0.15, 0.2) is 0 Å². The maximum absolute atomic E-state index is 11.8.